The van der Waals surface area contributed by atoms with Crippen molar-refractivity contribution in [1.29, 1.82) is 0 Å². The zero-order valence-corrected chi connectivity index (χ0v) is 12.5. The SMILES string of the molecule is C=C(C)c1cccc2c1CCC2(C(C)C)C(C)C. The Bertz CT molecular complexity index is 455. The lowest BCUT2D eigenvalue weighted by atomic mass is 9.65. The maximum atomic E-state index is 4.14. The fourth-order valence-corrected chi connectivity index (χ4v) is 4.02. The van der Waals surface area contributed by atoms with Gasteiger partial charge in [-0.3, -0.25) is 0 Å². The molecule has 98 valence electrons. The van der Waals surface area contributed by atoms with Crippen LogP contribution in [0, 0.1) is 11.8 Å². The summed E-state index contributed by atoms with van der Waals surface area (Å²) in [6.45, 7) is 15.8. The number of benzene rings is 1. The molecule has 0 heterocycles. The predicted octanol–water partition coefficient (Wildman–Crippen LogP) is 5.22. The van der Waals surface area contributed by atoms with Crippen molar-refractivity contribution in [2.24, 2.45) is 11.8 Å². The largest absolute Gasteiger partial charge is 0.0955 e. The molecule has 18 heavy (non-hydrogen) atoms. The summed E-state index contributed by atoms with van der Waals surface area (Å²) in [7, 11) is 0. The highest BCUT2D eigenvalue weighted by molar-refractivity contribution is 5.67. The van der Waals surface area contributed by atoms with Crippen LogP contribution in [0.15, 0.2) is 24.8 Å². The van der Waals surface area contributed by atoms with Gasteiger partial charge in [-0.15, -0.1) is 0 Å². The minimum absolute atomic E-state index is 0.362. The summed E-state index contributed by atoms with van der Waals surface area (Å²) in [6.07, 6.45) is 2.51. The minimum Gasteiger partial charge on any atom is -0.0955 e. The zero-order chi connectivity index (χ0) is 13.5. The van der Waals surface area contributed by atoms with Gasteiger partial charge in [0.1, 0.15) is 0 Å². The minimum atomic E-state index is 0.362. The maximum absolute atomic E-state index is 4.14. The Morgan fingerprint density at radius 3 is 2.28 bits per heavy atom. The van der Waals surface area contributed by atoms with Gasteiger partial charge in [0.15, 0.2) is 0 Å². The molecule has 0 spiro atoms. The quantitative estimate of drug-likeness (QED) is 0.682. The Morgan fingerprint density at radius 1 is 1.17 bits per heavy atom. The molecule has 0 bridgehead atoms. The van der Waals surface area contributed by atoms with E-state index in [9.17, 15) is 0 Å². The Hall–Kier alpha value is -1.04. The van der Waals surface area contributed by atoms with E-state index in [-0.39, 0.29) is 0 Å². The van der Waals surface area contributed by atoms with Crippen molar-refractivity contribution in [3.63, 3.8) is 0 Å². The summed E-state index contributed by atoms with van der Waals surface area (Å²) >= 11 is 0. The van der Waals surface area contributed by atoms with Crippen LogP contribution in [0.1, 0.15) is 57.7 Å². The number of fused-ring (bicyclic) bond motifs is 1. The van der Waals surface area contributed by atoms with E-state index in [1.807, 2.05) is 0 Å². The summed E-state index contributed by atoms with van der Waals surface area (Å²) in [4.78, 5) is 0. The van der Waals surface area contributed by atoms with Crippen LogP contribution in [0.25, 0.3) is 5.57 Å². The summed E-state index contributed by atoms with van der Waals surface area (Å²) < 4.78 is 0. The Balaban J connectivity index is 2.64. The second-order valence-corrected chi connectivity index (χ2v) is 6.46. The normalized spacial score (nSPS) is 17.3. The lowest BCUT2D eigenvalue weighted by Gasteiger charge is -2.39. The second-order valence-electron chi connectivity index (χ2n) is 6.46. The highest BCUT2D eigenvalue weighted by Crippen LogP contribution is 2.50. The predicted molar refractivity (Wildman–Crippen MR) is 80.8 cm³/mol. The third-order valence-corrected chi connectivity index (χ3v) is 4.99. The van der Waals surface area contributed by atoms with Gasteiger partial charge in [0.05, 0.1) is 0 Å². The molecule has 0 saturated carbocycles. The summed E-state index contributed by atoms with van der Waals surface area (Å²) in [5.74, 6) is 1.39. The smallest absolute Gasteiger partial charge is 0.000505 e. The van der Waals surface area contributed by atoms with Crippen LogP contribution in [-0.4, -0.2) is 0 Å². The Labute approximate surface area is 112 Å². The van der Waals surface area contributed by atoms with Crippen molar-refractivity contribution in [2.45, 2.75) is 52.9 Å². The second kappa shape index (κ2) is 4.57. The molecule has 0 aliphatic heterocycles. The first-order valence-electron chi connectivity index (χ1n) is 7.19. The fourth-order valence-electron chi connectivity index (χ4n) is 4.02. The van der Waals surface area contributed by atoms with Gasteiger partial charge in [0.25, 0.3) is 0 Å². The van der Waals surface area contributed by atoms with E-state index in [2.05, 4.69) is 59.4 Å². The van der Waals surface area contributed by atoms with Crippen LogP contribution < -0.4 is 0 Å². The molecule has 0 nitrogen and oxygen atoms in total. The van der Waals surface area contributed by atoms with Crippen LogP contribution >= 0.6 is 0 Å². The standard InChI is InChI=1S/C18H26/c1-12(2)15-8-7-9-17-16(15)10-11-18(17,13(3)4)14(5)6/h7-9,13-14H,1,10-11H2,2-6H3. The summed E-state index contributed by atoms with van der Waals surface area (Å²) in [5.41, 5.74) is 6.10. The van der Waals surface area contributed by atoms with E-state index >= 15 is 0 Å². The van der Waals surface area contributed by atoms with Gasteiger partial charge in [-0.05, 0) is 48.3 Å². The first-order chi connectivity index (χ1) is 8.41. The van der Waals surface area contributed by atoms with Crippen molar-refractivity contribution < 1.29 is 0 Å². The van der Waals surface area contributed by atoms with Crippen LogP contribution in [-0.2, 0) is 11.8 Å². The van der Waals surface area contributed by atoms with E-state index < -0.39 is 0 Å². The lowest BCUT2D eigenvalue weighted by Crippen LogP contribution is -2.35. The molecule has 0 radical (unpaired) electrons. The van der Waals surface area contributed by atoms with E-state index in [0.717, 1.165) is 0 Å². The Kier molecular flexibility index (Phi) is 3.40. The third kappa shape index (κ3) is 1.74. The monoisotopic (exact) mass is 242 g/mol. The molecule has 0 atom stereocenters. The number of hydrogen-bond donors (Lipinski definition) is 0. The van der Waals surface area contributed by atoms with E-state index in [1.54, 1.807) is 11.1 Å². The molecule has 0 aromatic heterocycles. The van der Waals surface area contributed by atoms with Crippen molar-refractivity contribution in [3.8, 4) is 0 Å². The summed E-state index contributed by atoms with van der Waals surface area (Å²) in [5, 5.41) is 0. The molecule has 0 heteroatoms. The van der Waals surface area contributed by atoms with Crippen LogP contribution in [0.2, 0.25) is 0 Å². The molecule has 0 N–H and O–H groups in total. The van der Waals surface area contributed by atoms with E-state index in [0.29, 0.717) is 17.3 Å². The molecule has 1 aromatic rings. The van der Waals surface area contributed by atoms with Crippen LogP contribution in [0.3, 0.4) is 0 Å². The van der Waals surface area contributed by atoms with E-state index in [4.69, 9.17) is 0 Å². The van der Waals surface area contributed by atoms with Gasteiger partial charge in [-0.1, -0.05) is 58.0 Å². The fraction of sp³-hybridized carbons (Fsp3) is 0.556. The molecule has 0 unspecified atom stereocenters. The van der Waals surface area contributed by atoms with Crippen molar-refractivity contribution >= 4 is 5.57 Å². The zero-order valence-electron chi connectivity index (χ0n) is 12.5. The maximum Gasteiger partial charge on any atom is 0.000505 e. The van der Waals surface area contributed by atoms with Gasteiger partial charge in [0, 0.05) is 5.41 Å². The molecular weight excluding hydrogens is 216 g/mol. The first kappa shape index (κ1) is 13.4. The van der Waals surface area contributed by atoms with Crippen LogP contribution in [0.5, 0.6) is 0 Å². The average Bonchev–Trinajstić information content (AvgIpc) is 2.68. The lowest BCUT2D eigenvalue weighted by molar-refractivity contribution is 0.218. The van der Waals surface area contributed by atoms with Gasteiger partial charge >= 0.3 is 0 Å². The molecule has 0 amide bonds. The number of allylic oxidation sites excluding steroid dienone is 1. The highest BCUT2D eigenvalue weighted by atomic mass is 14.5. The van der Waals surface area contributed by atoms with Gasteiger partial charge in [-0.25, -0.2) is 0 Å². The topological polar surface area (TPSA) is 0 Å². The molecule has 2 rings (SSSR count). The van der Waals surface area contributed by atoms with Crippen molar-refractivity contribution in [3.05, 3.63) is 41.5 Å². The number of hydrogen-bond acceptors (Lipinski definition) is 0. The summed E-state index contributed by atoms with van der Waals surface area (Å²) in [6, 6.07) is 6.81. The van der Waals surface area contributed by atoms with Crippen molar-refractivity contribution in [2.75, 3.05) is 0 Å². The van der Waals surface area contributed by atoms with E-state index in [1.165, 1.54) is 24.0 Å². The highest BCUT2D eigenvalue weighted by Gasteiger charge is 2.44. The molecule has 1 aromatic carbocycles. The first-order valence-corrected chi connectivity index (χ1v) is 7.19. The molecule has 0 fully saturated rings. The van der Waals surface area contributed by atoms with Gasteiger partial charge in [0.2, 0.25) is 0 Å². The van der Waals surface area contributed by atoms with Crippen LogP contribution in [0.4, 0.5) is 0 Å². The molecular formula is C18H26. The van der Waals surface area contributed by atoms with Gasteiger partial charge < -0.3 is 0 Å². The molecule has 0 saturated heterocycles. The third-order valence-electron chi connectivity index (χ3n) is 4.99. The molecule has 1 aliphatic rings. The van der Waals surface area contributed by atoms with Gasteiger partial charge in [-0.2, -0.15) is 0 Å². The number of rotatable bonds is 3. The molecule has 1 aliphatic carbocycles. The Morgan fingerprint density at radius 2 is 1.78 bits per heavy atom. The average molecular weight is 242 g/mol. The van der Waals surface area contributed by atoms with Crippen molar-refractivity contribution in [1.82, 2.24) is 0 Å².